The first-order chi connectivity index (χ1) is 5.82. The maximum Gasteiger partial charge on any atom is 1.00 e. The van der Waals surface area contributed by atoms with Crippen LogP contribution in [0.1, 0.15) is 1.43 Å². The molecule has 1 rings (SSSR count). The molecule has 0 amide bonds. The topological polar surface area (TPSA) is 74.6 Å². The van der Waals surface area contributed by atoms with Crippen molar-refractivity contribution in [2.24, 2.45) is 0 Å². The molecule has 1 aromatic rings. The zero-order chi connectivity index (χ0) is 10.2. The largest absolute Gasteiger partial charge is 1.00 e. The third kappa shape index (κ3) is 3.27. The summed E-state index contributed by atoms with van der Waals surface area (Å²) in [6.07, 6.45) is 0. The summed E-state index contributed by atoms with van der Waals surface area (Å²) in [4.78, 5) is -0.531. The summed E-state index contributed by atoms with van der Waals surface area (Å²) < 4.78 is 29.9. The summed E-state index contributed by atoms with van der Waals surface area (Å²) >= 11 is 10.8. The van der Waals surface area contributed by atoms with E-state index in [0.717, 1.165) is 12.1 Å². The third-order valence-corrected chi connectivity index (χ3v) is 2.90. The summed E-state index contributed by atoms with van der Waals surface area (Å²) in [5.74, 6) is -0.348. The van der Waals surface area contributed by atoms with Crippen LogP contribution in [0.2, 0.25) is 10.0 Å². The summed E-state index contributed by atoms with van der Waals surface area (Å²) in [5, 5.41) is 8.51. The second-order valence-corrected chi connectivity index (χ2v) is 4.41. The van der Waals surface area contributed by atoms with Gasteiger partial charge in [-0.15, -0.1) is 0 Å². The summed E-state index contributed by atoms with van der Waals surface area (Å²) in [6, 6.07) is 1.81. The second kappa shape index (κ2) is 5.03. The molecule has 14 heavy (non-hydrogen) atoms. The Balaban J connectivity index is 0. The molecular weight excluding hydrogens is 262 g/mol. The molecule has 0 unspecified atom stereocenters. The normalized spacial score (nSPS) is 10.8. The third-order valence-electron chi connectivity index (χ3n) is 1.28. The van der Waals surface area contributed by atoms with Gasteiger partial charge in [-0.05, 0) is 6.07 Å². The molecule has 0 aliphatic carbocycles. The first-order valence-corrected chi connectivity index (χ1v) is 5.17. The molecule has 0 aliphatic heterocycles. The van der Waals surface area contributed by atoms with Gasteiger partial charge >= 0.3 is 29.6 Å². The molecule has 0 aromatic heterocycles. The van der Waals surface area contributed by atoms with Crippen molar-refractivity contribution in [2.45, 2.75) is 4.90 Å². The minimum absolute atomic E-state index is 0. The van der Waals surface area contributed by atoms with Crippen molar-refractivity contribution in [2.75, 3.05) is 0 Å². The van der Waals surface area contributed by atoms with Gasteiger partial charge in [-0.1, -0.05) is 23.2 Å². The Hall–Kier alpha value is 0.510. The van der Waals surface area contributed by atoms with E-state index < -0.39 is 15.0 Å². The summed E-state index contributed by atoms with van der Waals surface area (Å²) in [6.45, 7) is 0. The van der Waals surface area contributed by atoms with Crippen LogP contribution in [0, 0.1) is 0 Å². The first-order valence-electron chi connectivity index (χ1n) is 2.98. The molecule has 0 radical (unpaired) electrons. The van der Waals surface area contributed by atoms with Gasteiger partial charge in [0.1, 0.15) is 10.6 Å². The van der Waals surface area contributed by atoms with Gasteiger partial charge in [0.15, 0.2) is 0 Å². The van der Waals surface area contributed by atoms with E-state index in [1.165, 1.54) is 0 Å². The van der Waals surface area contributed by atoms with Gasteiger partial charge in [0.05, 0.1) is 10.0 Å². The van der Waals surface area contributed by atoms with Crippen LogP contribution in [0.25, 0.3) is 0 Å². The number of rotatable bonds is 1. The Bertz CT molecular complexity index is 451. The Kier molecular flexibility index (Phi) is 5.21. The Morgan fingerprint density at radius 1 is 1.21 bits per heavy atom. The van der Waals surface area contributed by atoms with Gasteiger partial charge in [-0.25, -0.2) is 0 Å². The van der Waals surface area contributed by atoms with Crippen molar-refractivity contribution in [3.8, 4) is 5.75 Å². The smallest absolute Gasteiger partial charge is 1.00 e. The number of phenolic OH excluding ortho intramolecular Hbond substituents is 1. The molecular formula is C6H5Cl2NaO4S. The van der Waals surface area contributed by atoms with E-state index in [9.17, 15) is 8.42 Å². The predicted molar refractivity (Wildman–Crippen MR) is 49.1 cm³/mol. The van der Waals surface area contributed by atoms with Crippen LogP contribution in [0.3, 0.4) is 0 Å². The molecule has 0 atom stereocenters. The van der Waals surface area contributed by atoms with Gasteiger partial charge in [0.25, 0.3) is 10.1 Å². The second-order valence-electron chi connectivity index (χ2n) is 2.21. The van der Waals surface area contributed by atoms with Gasteiger partial charge in [-0.2, -0.15) is 8.42 Å². The van der Waals surface area contributed by atoms with Crippen LogP contribution in [0.5, 0.6) is 5.75 Å². The van der Waals surface area contributed by atoms with E-state index in [2.05, 4.69) is 0 Å². The van der Waals surface area contributed by atoms with Crippen LogP contribution in [0.4, 0.5) is 0 Å². The van der Waals surface area contributed by atoms with Crippen molar-refractivity contribution in [3.05, 3.63) is 22.2 Å². The fourth-order valence-electron chi connectivity index (χ4n) is 0.716. The molecule has 0 bridgehead atoms. The van der Waals surface area contributed by atoms with E-state index in [-0.39, 0.29) is 46.8 Å². The molecule has 8 heteroatoms. The van der Waals surface area contributed by atoms with Crippen LogP contribution >= 0.6 is 23.2 Å². The van der Waals surface area contributed by atoms with E-state index in [0.29, 0.717) is 0 Å². The predicted octanol–water partition coefficient (Wildman–Crippen LogP) is -0.938. The van der Waals surface area contributed by atoms with Crippen molar-refractivity contribution >= 4 is 33.3 Å². The zero-order valence-corrected chi connectivity index (χ0v) is 11.4. The van der Waals surface area contributed by atoms with Crippen LogP contribution < -0.4 is 29.6 Å². The molecule has 0 saturated carbocycles. The van der Waals surface area contributed by atoms with E-state index >= 15 is 0 Å². The summed E-state index contributed by atoms with van der Waals surface area (Å²) in [7, 11) is -4.40. The molecule has 0 fully saturated rings. The molecule has 0 spiro atoms. The first kappa shape index (κ1) is 14.5. The zero-order valence-electron chi connectivity index (χ0n) is 8.03. The van der Waals surface area contributed by atoms with Crippen LogP contribution in [-0.2, 0) is 10.1 Å². The fraction of sp³-hybridized carbons (Fsp3) is 0. The van der Waals surface area contributed by atoms with Gasteiger partial charge < -0.3 is 6.53 Å². The van der Waals surface area contributed by atoms with Crippen molar-refractivity contribution < 1.29 is 49.1 Å². The van der Waals surface area contributed by atoms with Crippen LogP contribution in [-0.4, -0.2) is 18.1 Å². The van der Waals surface area contributed by atoms with Crippen LogP contribution in [0.15, 0.2) is 17.0 Å². The number of hydrogen-bond donors (Lipinski definition) is 2. The van der Waals surface area contributed by atoms with Crippen molar-refractivity contribution in [3.63, 3.8) is 0 Å². The van der Waals surface area contributed by atoms with Gasteiger partial charge in [0.2, 0.25) is 0 Å². The molecule has 2 N–H and O–H groups in total. The number of aromatic hydroxyl groups is 1. The molecule has 74 valence electrons. The average molecular weight is 267 g/mol. The standard InChI is InChI=1S/C6H4Cl2O4S.Na.H/c7-3-2-6(13(10,11)12)4(8)1-5(3)9;;/h1-2,9H,(H,10,11,12);;/q;+1;-1. The maximum atomic E-state index is 10.6. The Morgan fingerprint density at radius 2 is 1.71 bits per heavy atom. The fourth-order valence-corrected chi connectivity index (χ4v) is 1.97. The number of phenols is 1. The maximum absolute atomic E-state index is 10.6. The summed E-state index contributed by atoms with van der Waals surface area (Å²) in [5.41, 5.74) is 0. The molecule has 0 aliphatic rings. The number of hydrogen-bond acceptors (Lipinski definition) is 3. The van der Waals surface area contributed by atoms with E-state index in [4.69, 9.17) is 32.9 Å². The monoisotopic (exact) mass is 266 g/mol. The molecule has 0 saturated heterocycles. The average Bonchev–Trinajstić information content (AvgIpc) is 1.94. The van der Waals surface area contributed by atoms with E-state index in [1.807, 2.05) is 0 Å². The van der Waals surface area contributed by atoms with Crippen molar-refractivity contribution in [1.29, 1.82) is 0 Å². The molecule has 0 heterocycles. The minimum atomic E-state index is -4.40. The molecule has 4 nitrogen and oxygen atoms in total. The number of halogens is 2. The van der Waals surface area contributed by atoms with E-state index in [1.54, 1.807) is 0 Å². The van der Waals surface area contributed by atoms with Gasteiger partial charge in [-0.3, -0.25) is 4.55 Å². The molecule has 1 aromatic carbocycles. The van der Waals surface area contributed by atoms with Crippen molar-refractivity contribution in [1.82, 2.24) is 0 Å². The Morgan fingerprint density at radius 3 is 2.14 bits per heavy atom. The number of benzene rings is 1. The minimum Gasteiger partial charge on any atom is -1.00 e. The quantitative estimate of drug-likeness (QED) is 0.509. The Labute approximate surface area is 114 Å². The van der Waals surface area contributed by atoms with Gasteiger partial charge in [0, 0.05) is 6.07 Å². The SMILES string of the molecule is O=S(=O)(O)c1cc(Cl)c(O)cc1Cl.[H-].[Na+].